The SMILES string of the molecule is CCC/C=C/CCC[C@H]1CC[C@H](CC[C@H]2CC[C@H](c3cc(F)c(OC(F)(F)F)c(F)c3)CC2)CC1. The number of benzene rings is 1. The van der Waals surface area contributed by atoms with Crippen LogP contribution >= 0.6 is 0 Å². The van der Waals surface area contributed by atoms with Gasteiger partial charge in [0.2, 0.25) is 5.75 Å². The molecule has 198 valence electrons. The third kappa shape index (κ3) is 9.42. The van der Waals surface area contributed by atoms with E-state index >= 15 is 0 Å². The third-order valence-corrected chi connectivity index (χ3v) is 8.11. The molecule has 0 unspecified atom stereocenters. The highest BCUT2D eigenvalue weighted by atomic mass is 19.4. The fourth-order valence-electron chi connectivity index (χ4n) is 6.02. The van der Waals surface area contributed by atoms with Crippen LogP contribution in [0.5, 0.6) is 5.75 Å². The first-order valence-corrected chi connectivity index (χ1v) is 13.6. The standard InChI is InChI=1S/C29H41F5O/c1-2-3-4-5-6-7-8-21-9-11-22(12-10-21)13-14-23-15-17-24(18-16-23)25-19-26(30)28(27(31)20-25)35-29(32,33)34/h4-5,19-24H,2-3,6-18H2,1H3/b5-4+/t21-,22-,23-,24-. The van der Waals surface area contributed by atoms with E-state index in [1.165, 1.54) is 70.6 Å². The van der Waals surface area contributed by atoms with Gasteiger partial charge >= 0.3 is 6.36 Å². The molecular weight excluding hydrogens is 459 g/mol. The number of unbranched alkanes of at least 4 members (excludes halogenated alkanes) is 2. The number of hydrogen-bond acceptors (Lipinski definition) is 1. The third-order valence-electron chi connectivity index (χ3n) is 8.11. The van der Waals surface area contributed by atoms with Crippen molar-refractivity contribution in [2.75, 3.05) is 0 Å². The highest BCUT2D eigenvalue weighted by molar-refractivity contribution is 5.33. The monoisotopic (exact) mass is 500 g/mol. The number of allylic oxidation sites excluding steroid dienone is 2. The Kier molecular flexibility index (Phi) is 10.9. The Labute approximate surface area is 207 Å². The largest absolute Gasteiger partial charge is 0.573 e. The van der Waals surface area contributed by atoms with Crippen LogP contribution in [0.15, 0.2) is 24.3 Å². The lowest BCUT2D eigenvalue weighted by Gasteiger charge is -2.32. The molecule has 2 saturated carbocycles. The average molecular weight is 501 g/mol. The van der Waals surface area contributed by atoms with Crippen LogP contribution < -0.4 is 4.74 Å². The number of ether oxygens (including phenoxy) is 1. The van der Waals surface area contributed by atoms with E-state index in [4.69, 9.17) is 0 Å². The van der Waals surface area contributed by atoms with Crippen LogP contribution in [0.3, 0.4) is 0 Å². The average Bonchev–Trinajstić information content (AvgIpc) is 2.82. The lowest BCUT2D eigenvalue weighted by atomic mass is 9.74. The zero-order chi connectivity index (χ0) is 25.3. The van der Waals surface area contributed by atoms with E-state index < -0.39 is 23.7 Å². The molecule has 1 aromatic rings. The molecule has 2 aliphatic rings. The fourth-order valence-corrected chi connectivity index (χ4v) is 6.02. The minimum atomic E-state index is -5.12. The van der Waals surface area contributed by atoms with Gasteiger partial charge in [-0.2, -0.15) is 0 Å². The number of alkyl halides is 3. The number of hydrogen-bond donors (Lipinski definition) is 0. The van der Waals surface area contributed by atoms with Gasteiger partial charge in [0.15, 0.2) is 11.6 Å². The molecule has 0 heterocycles. The van der Waals surface area contributed by atoms with Crippen molar-refractivity contribution in [2.45, 2.75) is 116 Å². The molecule has 0 amide bonds. The van der Waals surface area contributed by atoms with Gasteiger partial charge in [-0.05, 0) is 86.3 Å². The molecule has 0 radical (unpaired) electrons. The van der Waals surface area contributed by atoms with Crippen molar-refractivity contribution in [1.82, 2.24) is 0 Å². The molecule has 0 aromatic heterocycles. The molecule has 1 aromatic carbocycles. The van der Waals surface area contributed by atoms with Gasteiger partial charge in [-0.15, -0.1) is 13.2 Å². The minimum Gasteiger partial charge on any atom is -0.399 e. The summed E-state index contributed by atoms with van der Waals surface area (Å²) in [5.41, 5.74) is 0.437. The molecular formula is C29H41F5O. The summed E-state index contributed by atoms with van der Waals surface area (Å²) in [7, 11) is 0. The molecule has 1 nitrogen and oxygen atoms in total. The Bertz CT molecular complexity index is 764. The van der Waals surface area contributed by atoms with Crippen LogP contribution in [0.4, 0.5) is 22.0 Å². The summed E-state index contributed by atoms with van der Waals surface area (Å²) in [6.07, 6.45) is 17.4. The summed E-state index contributed by atoms with van der Waals surface area (Å²) in [4.78, 5) is 0. The molecule has 0 bridgehead atoms. The molecule has 0 N–H and O–H groups in total. The van der Waals surface area contributed by atoms with Crippen molar-refractivity contribution in [3.63, 3.8) is 0 Å². The van der Waals surface area contributed by atoms with Gasteiger partial charge in [0.25, 0.3) is 0 Å². The Morgan fingerprint density at radius 3 is 1.77 bits per heavy atom. The van der Waals surface area contributed by atoms with E-state index in [0.717, 1.165) is 49.7 Å². The summed E-state index contributed by atoms with van der Waals surface area (Å²) >= 11 is 0. The molecule has 3 rings (SSSR count). The summed E-state index contributed by atoms with van der Waals surface area (Å²) in [6.45, 7) is 2.21. The predicted octanol–water partition coefficient (Wildman–Crippen LogP) is 10.3. The molecule has 2 fully saturated rings. The molecule has 2 aliphatic carbocycles. The second-order valence-corrected chi connectivity index (χ2v) is 10.7. The highest BCUT2D eigenvalue weighted by Gasteiger charge is 2.35. The van der Waals surface area contributed by atoms with Gasteiger partial charge in [-0.1, -0.05) is 70.4 Å². The molecule has 35 heavy (non-hydrogen) atoms. The van der Waals surface area contributed by atoms with E-state index in [0.29, 0.717) is 11.5 Å². The maximum absolute atomic E-state index is 14.1. The van der Waals surface area contributed by atoms with Crippen LogP contribution in [-0.4, -0.2) is 6.36 Å². The van der Waals surface area contributed by atoms with Crippen molar-refractivity contribution in [2.24, 2.45) is 17.8 Å². The normalized spacial score (nSPS) is 25.8. The van der Waals surface area contributed by atoms with Gasteiger partial charge in [0, 0.05) is 0 Å². The van der Waals surface area contributed by atoms with Crippen LogP contribution in [-0.2, 0) is 0 Å². The molecule has 6 heteroatoms. The summed E-state index contributed by atoms with van der Waals surface area (Å²) in [6, 6.07) is 2.02. The smallest absolute Gasteiger partial charge is 0.399 e. The second kappa shape index (κ2) is 13.6. The first-order chi connectivity index (χ1) is 16.7. The quantitative estimate of drug-likeness (QED) is 0.167. The Morgan fingerprint density at radius 2 is 1.26 bits per heavy atom. The lowest BCUT2D eigenvalue weighted by Crippen LogP contribution is -2.20. The molecule has 0 atom stereocenters. The van der Waals surface area contributed by atoms with E-state index in [-0.39, 0.29) is 5.92 Å². The van der Waals surface area contributed by atoms with Gasteiger partial charge in [0.1, 0.15) is 0 Å². The van der Waals surface area contributed by atoms with Crippen molar-refractivity contribution in [3.05, 3.63) is 41.5 Å². The predicted molar refractivity (Wildman–Crippen MR) is 130 cm³/mol. The van der Waals surface area contributed by atoms with Crippen molar-refractivity contribution < 1.29 is 26.7 Å². The van der Waals surface area contributed by atoms with Crippen molar-refractivity contribution in [1.29, 1.82) is 0 Å². The fraction of sp³-hybridized carbons (Fsp3) is 0.724. The van der Waals surface area contributed by atoms with Crippen LogP contribution in [0.1, 0.15) is 115 Å². The summed E-state index contributed by atoms with van der Waals surface area (Å²) in [5, 5.41) is 0. The van der Waals surface area contributed by atoms with E-state index in [1.807, 2.05) is 0 Å². The minimum absolute atomic E-state index is 0.0116. The first kappa shape index (κ1) is 28.0. The van der Waals surface area contributed by atoms with Gasteiger partial charge in [-0.3, -0.25) is 0 Å². The maximum Gasteiger partial charge on any atom is 0.573 e. The topological polar surface area (TPSA) is 9.23 Å². The summed E-state index contributed by atoms with van der Waals surface area (Å²) in [5.74, 6) is -1.59. The van der Waals surface area contributed by atoms with E-state index in [2.05, 4.69) is 23.8 Å². The van der Waals surface area contributed by atoms with Crippen molar-refractivity contribution >= 4 is 0 Å². The van der Waals surface area contributed by atoms with Crippen LogP contribution in [0.25, 0.3) is 0 Å². The molecule has 0 spiro atoms. The van der Waals surface area contributed by atoms with E-state index in [9.17, 15) is 22.0 Å². The Hall–Kier alpha value is -1.59. The zero-order valence-electron chi connectivity index (χ0n) is 21.0. The molecule has 0 saturated heterocycles. The van der Waals surface area contributed by atoms with E-state index in [1.54, 1.807) is 0 Å². The molecule has 0 aliphatic heterocycles. The summed E-state index contributed by atoms with van der Waals surface area (Å²) < 4.78 is 68.8. The van der Waals surface area contributed by atoms with Crippen LogP contribution in [0, 0.1) is 29.4 Å². The van der Waals surface area contributed by atoms with Crippen LogP contribution in [0.2, 0.25) is 0 Å². The van der Waals surface area contributed by atoms with Gasteiger partial charge in [0.05, 0.1) is 0 Å². The van der Waals surface area contributed by atoms with Gasteiger partial charge in [-0.25, -0.2) is 8.78 Å². The van der Waals surface area contributed by atoms with Gasteiger partial charge < -0.3 is 4.74 Å². The second-order valence-electron chi connectivity index (χ2n) is 10.7. The Balaban J connectivity index is 1.34. The van der Waals surface area contributed by atoms with Crippen molar-refractivity contribution in [3.8, 4) is 5.75 Å². The lowest BCUT2D eigenvalue weighted by molar-refractivity contribution is -0.276. The number of halogens is 5. The highest BCUT2D eigenvalue weighted by Crippen LogP contribution is 2.41. The first-order valence-electron chi connectivity index (χ1n) is 13.6. The zero-order valence-corrected chi connectivity index (χ0v) is 21.0. The Morgan fingerprint density at radius 1 is 0.771 bits per heavy atom. The maximum atomic E-state index is 14.1. The number of rotatable bonds is 11.